The second-order valence-electron chi connectivity index (χ2n) is 5.62. The highest BCUT2D eigenvalue weighted by molar-refractivity contribution is 4.99. The summed E-state index contributed by atoms with van der Waals surface area (Å²) in [6.45, 7) is 2.46. The Balaban J connectivity index is 1.57. The van der Waals surface area contributed by atoms with Gasteiger partial charge in [0.15, 0.2) is 5.79 Å². The van der Waals surface area contributed by atoms with Gasteiger partial charge in [-0.1, -0.05) is 0 Å². The van der Waals surface area contributed by atoms with Crippen molar-refractivity contribution in [2.45, 2.75) is 44.3 Å². The molecule has 0 aromatic rings. The SMILES string of the molecule is NCC1CC2(CCC3(CC2)OCCO3)C1. The molecule has 1 aliphatic heterocycles. The average Bonchev–Trinajstić information content (AvgIpc) is 2.65. The fourth-order valence-electron chi connectivity index (χ4n) is 3.69. The van der Waals surface area contributed by atoms with Crippen LogP contribution in [0, 0.1) is 11.3 Å². The molecule has 2 aliphatic carbocycles. The fraction of sp³-hybridized carbons (Fsp3) is 1.00. The Bertz CT molecular complexity index is 230. The third-order valence-corrected chi connectivity index (χ3v) is 4.66. The molecular formula is C12H21NO2. The van der Waals surface area contributed by atoms with Gasteiger partial charge < -0.3 is 15.2 Å². The lowest BCUT2D eigenvalue weighted by atomic mass is 9.55. The van der Waals surface area contributed by atoms with Crippen molar-refractivity contribution in [3.63, 3.8) is 0 Å². The first-order valence-corrected chi connectivity index (χ1v) is 6.24. The molecule has 3 nitrogen and oxygen atoms in total. The van der Waals surface area contributed by atoms with Gasteiger partial charge in [-0.3, -0.25) is 0 Å². The van der Waals surface area contributed by atoms with E-state index < -0.39 is 0 Å². The van der Waals surface area contributed by atoms with Crippen molar-refractivity contribution < 1.29 is 9.47 Å². The van der Waals surface area contributed by atoms with Gasteiger partial charge in [0.05, 0.1) is 13.2 Å². The van der Waals surface area contributed by atoms with Gasteiger partial charge in [-0.05, 0) is 43.6 Å². The van der Waals surface area contributed by atoms with Gasteiger partial charge in [0.25, 0.3) is 0 Å². The second kappa shape index (κ2) is 3.44. The minimum atomic E-state index is -0.181. The van der Waals surface area contributed by atoms with Crippen molar-refractivity contribution in [3.05, 3.63) is 0 Å². The summed E-state index contributed by atoms with van der Waals surface area (Å²) in [7, 11) is 0. The normalized spacial score (nSPS) is 33.4. The van der Waals surface area contributed by atoms with Crippen molar-refractivity contribution in [3.8, 4) is 0 Å². The lowest BCUT2D eigenvalue weighted by Gasteiger charge is -2.53. The molecule has 0 radical (unpaired) electrons. The minimum Gasteiger partial charge on any atom is -0.348 e. The van der Waals surface area contributed by atoms with E-state index in [0.29, 0.717) is 5.41 Å². The zero-order valence-electron chi connectivity index (χ0n) is 9.34. The van der Waals surface area contributed by atoms with Gasteiger partial charge in [0.1, 0.15) is 0 Å². The van der Waals surface area contributed by atoms with Crippen LogP contribution in [-0.2, 0) is 9.47 Å². The molecule has 2 spiro atoms. The molecule has 15 heavy (non-hydrogen) atoms. The van der Waals surface area contributed by atoms with Crippen LogP contribution in [0.2, 0.25) is 0 Å². The largest absolute Gasteiger partial charge is 0.348 e. The summed E-state index contributed by atoms with van der Waals surface area (Å²) in [4.78, 5) is 0. The van der Waals surface area contributed by atoms with E-state index in [9.17, 15) is 0 Å². The lowest BCUT2D eigenvalue weighted by Crippen LogP contribution is -2.47. The maximum atomic E-state index is 5.75. The number of rotatable bonds is 1. The average molecular weight is 211 g/mol. The molecule has 0 bridgehead atoms. The summed E-state index contributed by atoms with van der Waals surface area (Å²) >= 11 is 0. The van der Waals surface area contributed by atoms with E-state index >= 15 is 0 Å². The van der Waals surface area contributed by atoms with Gasteiger partial charge in [0, 0.05) is 12.8 Å². The van der Waals surface area contributed by atoms with E-state index in [1.54, 1.807) is 0 Å². The van der Waals surface area contributed by atoms with Crippen LogP contribution >= 0.6 is 0 Å². The third kappa shape index (κ3) is 1.61. The highest BCUT2D eigenvalue weighted by atomic mass is 16.7. The highest BCUT2D eigenvalue weighted by Crippen LogP contribution is 2.57. The standard InChI is InChI=1S/C12H21NO2/c13-9-10-7-11(8-10)1-3-12(4-2-11)14-5-6-15-12/h10H,1-9,13H2. The summed E-state index contributed by atoms with van der Waals surface area (Å²) in [5.74, 6) is 0.614. The molecule has 2 N–H and O–H groups in total. The fourth-order valence-corrected chi connectivity index (χ4v) is 3.69. The number of hydrogen-bond donors (Lipinski definition) is 1. The Morgan fingerprint density at radius 3 is 2.13 bits per heavy atom. The van der Waals surface area contributed by atoms with E-state index in [4.69, 9.17) is 15.2 Å². The predicted molar refractivity (Wildman–Crippen MR) is 57.3 cm³/mol. The molecule has 0 aromatic carbocycles. The summed E-state index contributed by atoms with van der Waals surface area (Å²) in [6.07, 6.45) is 7.46. The van der Waals surface area contributed by atoms with Crippen molar-refractivity contribution in [1.29, 1.82) is 0 Å². The van der Waals surface area contributed by atoms with E-state index in [-0.39, 0.29) is 5.79 Å². The molecule has 86 valence electrons. The summed E-state index contributed by atoms with van der Waals surface area (Å²) < 4.78 is 11.5. The van der Waals surface area contributed by atoms with Gasteiger partial charge in [-0.2, -0.15) is 0 Å². The highest BCUT2D eigenvalue weighted by Gasteiger charge is 2.51. The first-order valence-electron chi connectivity index (χ1n) is 6.24. The minimum absolute atomic E-state index is 0.181. The lowest BCUT2D eigenvalue weighted by molar-refractivity contribution is -0.202. The first-order chi connectivity index (χ1) is 7.26. The van der Waals surface area contributed by atoms with Crippen LogP contribution in [0.5, 0.6) is 0 Å². The second-order valence-corrected chi connectivity index (χ2v) is 5.62. The van der Waals surface area contributed by atoms with Crippen LogP contribution in [-0.4, -0.2) is 25.5 Å². The maximum absolute atomic E-state index is 5.75. The van der Waals surface area contributed by atoms with Crippen LogP contribution in [0.3, 0.4) is 0 Å². The molecular weight excluding hydrogens is 190 g/mol. The van der Waals surface area contributed by atoms with E-state index in [0.717, 1.165) is 38.5 Å². The van der Waals surface area contributed by atoms with Crippen LogP contribution in [0.15, 0.2) is 0 Å². The Hall–Kier alpha value is -0.120. The van der Waals surface area contributed by atoms with Crippen molar-refractivity contribution in [2.75, 3.05) is 19.8 Å². The number of hydrogen-bond acceptors (Lipinski definition) is 3. The topological polar surface area (TPSA) is 44.5 Å². The Kier molecular flexibility index (Phi) is 2.31. The van der Waals surface area contributed by atoms with Crippen molar-refractivity contribution >= 4 is 0 Å². The predicted octanol–water partition coefficient (Wildman–Crippen LogP) is 1.66. The maximum Gasteiger partial charge on any atom is 0.168 e. The molecule has 0 aromatic heterocycles. The van der Waals surface area contributed by atoms with E-state index in [1.165, 1.54) is 25.7 Å². The van der Waals surface area contributed by atoms with Crippen molar-refractivity contribution in [2.24, 2.45) is 17.1 Å². The Morgan fingerprint density at radius 2 is 1.60 bits per heavy atom. The molecule has 1 saturated heterocycles. The Labute approximate surface area is 91.3 Å². The van der Waals surface area contributed by atoms with E-state index in [2.05, 4.69) is 0 Å². The van der Waals surface area contributed by atoms with Crippen LogP contribution in [0.25, 0.3) is 0 Å². The molecule has 2 saturated carbocycles. The van der Waals surface area contributed by atoms with Crippen LogP contribution in [0.1, 0.15) is 38.5 Å². The summed E-state index contributed by atoms with van der Waals surface area (Å²) in [5, 5.41) is 0. The van der Waals surface area contributed by atoms with Crippen LogP contribution < -0.4 is 5.73 Å². The first kappa shape index (κ1) is 10.1. The monoisotopic (exact) mass is 211 g/mol. The van der Waals surface area contributed by atoms with Gasteiger partial charge >= 0.3 is 0 Å². The molecule has 3 aliphatic rings. The molecule has 0 atom stereocenters. The zero-order chi connectivity index (χ0) is 10.4. The molecule has 3 fully saturated rings. The molecule has 3 rings (SSSR count). The smallest absolute Gasteiger partial charge is 0.168 e. The number of nitrogens with two attached hydrogens (primary N) is 1. The summed E-state index contributed by atoms with van der Waals surface area (Å²) in [5.41, 5.74) is 6.31. The molecule has 0 amide bonds. The zero-order valence-corrected chi connectivity index (χ0v) is 9.34. The third-order valence-electron chi connectivity index (χ3n) is 4.66. The van der Waals surface area contributed by atoms with Crippen molar-refractivity contribution in [1.82, 2.24) is 0 Å². The Morgan fingerprint density at radius 1 is 1.00 bits per heavy atom. The molecule has 0 unspecified atom stereocenters. The quantitative estimate of drug-likeness (QED) is 0.717. The van der Waals surface area contributed by atoms with Gasteiger partial charge in [0.2, 0.25) is 0 Å². The molecule has 3 heteroatoms. The van der Waals surface area contributed by atoms with Gasteiger partial charge in [-0.25, -0.2) is 0 Å². The number of ether oxygens (including phenoxy) is 2. The van der Waals surface area contributed by atoms with E-state index in [1.807, 2.05) is 0 Å². The summed E-state index contributed by atoms with van der Waals surface area (Å²) in [6, 6.07) is 0. The van der Waals surface area contributed by atoms with Gasteiger partial charge in [-0.15, -0.1) is 0 Å². The van der Waals surface area contributed by atoms with Crippen LogP contribution in [0.4, 0.5) is 0 Å². The molecule has 1 heterocycles.